The predicted molar refractivity (Wildman–Crippen MR) is 102 cm³/mol. The summed E-state index contributed by atoms with van der Waals surface area (Å²) in [5.41, 5.74) is -3.07. The molecule has 1 N–H and O–H groups in total. The summed E-state index contributed by atoms with van der Waals surface area (Å²) in [6.45, 7) is 6.89. The van der Waals surface area contributed by atoms with E-state index in [1.165, 1.54) is 12.3 Å². The maximum atomic E-state index is 13.5. The minimum atomic E-state index is -4.79. The van der Waals surface area contributed by atoms with E-state index in [-0.39, 0.29) is 34.1 Å². The highest BCUT2D eigenvalue weighted by Gasteiger charge is 2.35. The second-order valence-corrected chi connectivity index (χ2v) is 6.39. The van der Waals surface area contributed by atoms with Crippen LogP contribution in [0.1, 0.15) is 11.3 Å². The first kappa shape index (κ1) is 21.8. The van der Waals surface area contributed by atoms with E-state index in [0.29, 0.717) is 12.3 Å². The van der Waals surface area contributed by atoms with Gasteiger partial charge in [-0.2, -0.15) is 26.3 Å². The molecule has 0 bridgehead atoms. The molecule has 0 saturated heterocycles. The smallest absolute Gasteiger partial charge is 0.337 e. The first-order valence-corrected chi connectivity index (χ1v) is 8.79. The molecule has 4 heterocycles. The number of anilines is 2. The Morgan fingerprint density at radius 1 is 0.848 bits per heavy atom. The highest BCUT2D eigenvalue weighted by Crippen LogP contribution is 2.37. The van der Waals surface area contributed by atoms with Gasteiger partial charge in [-0.15, -0.1) is 0 Å². The molecule has 0 saturated carbocycles. The summed E-state index contributed by atoms with van der Waals surface area (Å²) in [6.07, 6.45) is -4.71. The van der Waals surface area contributed by atoms with Crippen LogP contribution in [0.25, 0.3) is 27.4 Å². The average Bonchev–Trinajstić information content (AvgIpc) is 2.77. The zero-order chi connectivity index (χ0) is 23.8. The SMILES string of the molecule is [C-]#[N+]c1cnc(-c2cnc3c(Nc4cnc(C(F)(F)F)cn4)ccnc3n2)c(C(F)(F)F)c1. The van der Waals surface area contributed by atoms with Crippen molar-refractivity contribution in [1.82, 2.24) is 29.9 Å². The van der Waals surface area contributed by atoms with Crippen molar-refractivity contribution in [3.05, 3.63) is 65.8 Å². The van der Waals surface area contributed by atoms with Crippen LogP contribution >= 0.6 is 0 Å². The van der Waals surface area contributed by atoms with Crippen molar-refractivity contribution in [2.45, 2.75) is 12.4 Å². The summed E-state index contributed by atoms with van der Waals surface area (Å²) in [4.78, 5) is 25.8. The van der Waals surface area contributed by atoms with Gasteiger partial charge < -0.3 is 5.32 Å². The van der Waals surface area contributed by atoms with E-state index in [1.54, 1.807) is 0 Å². The zero-order valence-electron chi connectivity index (χ0n) is 15.9. The zero-order valence-corrected chi connectivity index (χ0v) is 15.9. The lowest BCUT2D eigenvalue weighted by Crippen LogP contribution is -2.09. The van der Waals surface area contributed by atoms with Gasteiger partial charge in [0.05, 0.1) is 42.1 Å². The van der Waals surface area contributed by atoms with E-state index >= 15 is 0 Å². The molecule has 166 valence electrons. The molecular formula is C19H8F6N8. The summed E-state index contributed by atoms with van der Waals surface area (Å²) in [6, 6.07) is 2.09. The van der Waals surface area contributed by atoms with E-state index in [2.05, 4.69) is 40.1 Å². The van der Waals surface area contributed by atoms with Gasteiger partial charge in [0.1, 0.15) is 17.0 Å². The molecule has 0 amide bonds. The highest BCUT2D eigenvalue weighted by atomic mass is 19.4. The molecule has 14 heteroatoms. The van der Waals surface area contributed by atoms with Crippen LogP contribution in [0.3, 0.4) is 0 Å². The standard InChI is InChI=1S/C19H8F6N8/c1-26-9-4-10(18(20,21)22)15(30-5-9)12-6-31-16-11(2-3-27-17(16)33-12)32-14-8-28-13(7-29-14)19(23,24)25/h2-8H,(H,27,29,32,33). The Bertz CT molecular complexity index is 1380. The number of nitrogens with zero attached hydrogens (tertiary/aromatic N) is 7. The van der Waals surface area contributed by atoms with Gasteiger partial charge in [-0.3, -0.25) is 4.98 Å². The van der Waals surface area contributed by atoms with Crippen LogP contribution in [0.15, 0.2) is 43.1 Å². The lowest BCUT2D eigenvalue weighted by molar-refractivity contribution is -0.141. The van der Waals surface area contributed by atoms with Crippen LogP contribution in [0.2, 0.25) is 0 Å². The maximum absolute atomic E-state index is 13.5. The summed E-state index contributed by atoms with van der Waals surface area (Å²) in [5, 5.41) is 2.72. The molecule has 4 aromatic heterocycles. The van der Waals surface area contributed by atoms with Crippen LogP contribution in [-0.2, 0) is 12.4 Å². The number of halogens is 6. The fourth-order valence-corrected chi connectivity index (χ4v) is 2.75. The number of aromatic nitrogens is 6. The molecule has 0 aliphatic rings. The van der Waals surface area contributed by atoms with Crippen molar-refractivity contribution in [2.24, 2.45) is 0 Å². The largest absolute Gasteiger partial charge is 0.434 e. The van der Waals surface area contributed by atoms with E-state index < -0.39 is 29.3 Å². The lowest BCUT2D eigenvalue weighted by Gasteiger charge is -2.13. The molecule has 0 aliphatic carbocycles. The molecule has 4 rings (SSSR count). The van der Waals surface area contributed by atoms with E-state index in [0.717, 1.165) is 18.6 Å². The van der Waals surface area contributed by atoms with Crippen molar-refractivity contribution in [2.75, 3.05) is 5.32 Å². The van der Waals surface area contributed by atoms with Gasteiger partial charge in [-0.1, -0.05) is 0 Å². The van der Waals surface area contributed by atoms with E-state index in [4.69, 9.17) is 6.57 Å². The Hall–Kier alpha value is -4.41. The lowest BCUT2D eigenvalue weighted by atomic mass is 10.1. The Kier molecular flexibility index (Phi) is 5.24. The van der Waals surface area contributed by atoms with Gasteiger partial charge >= 0.3 is 12.4 Å². The van der Waals surface area contributed by atoms with Crippen LogP contribution < -0.4 is 5.32 Å². The Labute approximate surface area is 180 Å². The molecule has 0 spiro atoms. The number of hydrogen-bond donors (Lipinski definition) is 1. The number of fused-ring (bicyclic) bond motifs is 1. The summed E-state index contributed by atoms with van der Waals surface area (Å²) >= 11 is 0. The quantitative estimate of drug-likeness (QED) is 0.330. The van der Waals surface area contributed by atoms with E-state index in [1.807, 2.05) is 0 Å². The molecule has 0 unspecified atom stereocenters. The van der Waals surface area contributed by atoms with Crippen molar-refractivity contribution in [3.8, 4) is 11.4 Å². The molecule has 0 aromatic carbocycles. The summed E-state index contributed by atoms with van der Waals surface area (Å²) in [5.74, 6) is -0.0304. The number of rotatable bonds is 3. The van der Waals surface area contributed by atoms with Crippen LogP contribution in [0, 0.1) is 6.57 Å². The summed E-state index contributed by atoms with van der Waals surface area (Å²) < 4.78 is 78.3. The van der Waals surface area contributed by atoms with Crippen molar-refractivity contribution in [1.29, 1.82) is 0 Å². The molecule has 0 atom stereocenters. The summed E-state index contributed by atoms with van der Waals surface area (Å²) in [7, 11) is 0. The van der Waals surface area contributed by atoms with Crippen molar-refractivity contribution < 1.29 is 26.3 Å². The normalized spacial score (nSPS) is 11.9. The van der Waals surface area contributed by atoms with Gasteiger partial charge in [0.2, 0.25) is 5.69 Å². The Balaban J connectivity index is 1.72. The third-order valence-corrected chi connectivity index (χ3v) is 4.20. The number of hydrogen-bond acceptors (Lipinski definition) is 7. The third kappa shape index (κ3) is 4.47. The second kappa shape index (κ2) is 7.93. The fraction of sp³-hybridized carbons (Fsp3) is 0.105. The molecule has 0 fully saturated rings. The second-order valence-electron chi connectivity index (χ2n) is 6.39. The predicted octanol–water partition coefficient (Wildman–Crippen LogP) is 5.21. The molecule has 0 radical (unpaired) electrons. The molecule has 4 aromatic rings. The third-order valence-electron chi connectivity index (χ3n) is 4.20. The van der Waals surface area contributed by atoms with Gasteiger partial charge in [0.25, 0.3) is 0 Å². The number of pyridine rings is 2. The van der Waals surface area contributed by atoms with Gasteiger partial charge in [-0.05, 0) is 12.1 Å². The molecule has 33 heavy (non-hydrogen) atoms. The monoisotopic (exact) mass is 462 g/mol. The van der Waals surface area contributed by atoms with Gasteiger partial charge in [0.15, 0.2) is 11.3 Å². The first-order chi connectivity index (χ1) is 15.6. The average molecular weight is 462 g/mol. The molecular weight excluding hydrogens is 454 g/mol. The van der Waals surface area contributed by atoms with Crippen LogP contribution in [0.5, 0.6) is 0 Å². The van der Waals surface area contributed by atoms with Crippen LogP contribution in [0.4, 0.5) is 43.5 Å². The van der Waals surface area contributed by atoms with Gasteiger partial charge in [0, 0.05) is 12.4 Å². The topological polar surface area (TPSA) is 93.7 Å². The number of alkyl halides is 6. The molecule has 0 aliphatic heterocycles. The Morgan fingerprint density at radius 2 is 1.64 bits per heavy atom. The van der Waals surface area contributed by atoms with Crippen molar-refractivity contribution in [3.63, 3.8) is 0 Å². The first-order valence-electron chi connectivity index (χ1n) is 8.79. The van der Waals surface area contributed by atoms with Crippen molar-refractivity contribution >= 4 is 28.4 Å². The maximum Gasteiger partial charge on any atom is 0.434 e. The fourth-order valence-electron chi connectivity index (χ4n) is 2.75. The van der Waals surface area contributed by atoms with Gasteiger partial charge in [-0.25, -0.2) is 29.8 Å². The number of nitrogens with one attached hydrogen (secondary N) is 1. The molecule has 8 nitrogen and oxygen atoms in total. The minimum absolute atomic E-state index is 0.0304. The highest BCUT2D eigenvalue weighted by molar-refractivity contribution is 5.87. The van der Waals surface area contributed by atoms with Crippen LogP contribution in [-0.4, -0.2) is 29.9 Å². The van der Waals surface area contributed by atoms with E-state index in [9.17, 15) is 26.3 Å². The Morgan fingerprint density at radius 3 is 2.27 bits per heavy atom. The minimum Gasteiger partial charge on any atom is -0.337 e.